The smallest absolute Gasteiger partial charge is 0.264 e. The second kappa shape index (κ2) is 8.35. The summed E-state index contributed by atoms with van der Waals surface area (Å²) in [4.78, 5) is 28.0. The van der Waals surface area contributed by atoms with Crippen molar-refractivity contribution in [3.05, 3.63) is 51.7 Å². The van der Waals surface area contributed by atoms with Crippen LogP contribution < -0.4 is 10.1 Å². The van der Waals surface area contributed by atoms with Crippen molar-refractivity contribution >= 4 is 23.2 Å². The SMILES string of the molecule is Cc1ccsc1C(=O)N1CCCC(COc2ccccc2C(=O)NC2CC2)C1. The van der Waals surface area contributed by atoms with E-state index >= 15 is 0 Å². The quantitative estimate of drug-likeness (QED) is 0.803. The number of nitrogens with zero attached hydrogens (tertiary/aromatic N) is 1. The van der Waals surface area contributed by atoms with Crippen molar-refractivity contribution in [3.8, 4) is 5.75 Å². The summed E-state index contributed by atoms with van der Waals surface area (Å²) in [5.74, 6) is 0.962. The van der Waals surface area contributed by atoms with E-state index in [-0.39, 0.29) is 17.7 Å². The van der Waals surface area contributed by atoms with Crippen molar-refractivity contribution in [2.75, 3.05) is 19.7 Å². The average molecular weight is 399 g/mol. The van der Waals surface area contributed by atoms with Crippen LogP contribution in [0.15, 0.2) is 35.7 Å². The fourth-order valence-electron chi connectivity index (χ4n) is 3.60. The monoisotopic (exact) mass is 398 g/mol. The lowest BCUT2D eigenvalue weighted by molar-refractivity contribution is 0.0637. The molecule has 1 saturated heterocycles. The number of ether oxygens (including phenoxy) is 1. The van der Waals surface area contributed by atoms with Gasteiger partial charge in [-0.25, -0.2) is 0 Å². The van der Waals surface area contributed by atoms with Gasteiger partial charge in [-0.05, 0) is 61.7 Å². The minimum Gasteiger partial charge on any atom is -0.492 e. The Balaban J connectivity index is 1.37. The topological polar surface area (TPSA) is 58.6 Å². The first kappa shape index (κ1) is 19.0. The molecule has 6 heteroatoms. The maximum atomic E-state index is 12.8. The predicted octanol–water partition coefficient (Wildman–Crippen LogP) is 3.88. The highest BCUT2D eigenvalue weighted by Gasteiger charge is 2.28. The van der Waals surface area contributed by atoms with Crippen molar-refractivity contribution in [1.29, 1.82) is 0 Å². The molecule has 2 fully saturated rings. The van der Waals surface area contributed by atoms with Crippen molar-refractivity contribution in [1.82, 2.24) is 10.2 Å². The van der Waals surface area contributed by atoms with Gasteiger partial charge in [0.15, 0.2) is 0 Å². The first-order chi connectivity index (χ1) is 13.6. The molecule has 0 radical (unpaired) electrons. The van der Waals surface area contributed by atoms with Gasteiger partial charge in [0.25, 0.3) is 11.8 Å². The van der Waals surface area contributed by atoms with E-state index in [1.54, 1.807) is 0 Å². The highest BCUT2D eigenvalue weighted by molar-refractivity contribution is 7.12. The van der Waals surface area contributed by atoms with Crippen LogP contribution >= 0.6 is 11.3 Å². The molecule has 1 unspecified atom stereocenters. The van der Waals surface area contributed by atoms with E-state index in [9.17, 15) is 9.59 Å². The third kappa shape index (κ3) is 4.38. The number of aryl methyl sites for hydroxylation is 1. The van der Waals surface area contributed by atoms with Crippen molar-refractivity contribution in [2.45, 2.75) is 38.6 Å². The molecule has 2 heterocycles. The summed E-state index contributed by atoms with van der Waals surface area (Å²) in [5, 5.41) is 4.99. The molecule has 2 aliphatic rings. The number of carbonyl (C=O) groups excluding carboxylic acids is 2. The number of likely N-dealkylation sites (tertiary alicyclic amines) is 1. The Morgan fingerprint density at radius 1 is 1.21 bits per heavy atom. The summed E-state index contributed by atoms with van der Waals surface area (Å²) in [6.07, 6.45) is 4.13. The summed E-state index contributed by atoms with van der Waals surface area (Å²) >= 11 is 1.51. The molecular formula is C22H26N2O3S. The van der Waals surface area contributed by atoms with Gasteiger partial charge >= 0.3 is 0 Å². The lowest BCUT2D eigenvalue weighted by Crippen LogP contribution is -2.41. The third-order valence-corrected chi connectivity index (χ3v) is 6.39. The molecule has 0 bridgehead atoms. The molecular weight excluding hydrogens is 372 g/mol. The van der Waals surface area contributed by atoms with E-state index in [1.807, 2.05) is 47.5 Å². The Labute approximate surface area is 169 Å². The number of benzene rings is 1. The summed E-state index contributed by atoms with van der Waals surface area (Å²) < 4.78 is 6.05. The van der Waals surface area contributed by atoms with Crippen LogP contribution in [0.25, 0.3) is 0 Å². The summed E-state index contributed by atoms with van der Waals surface area (Å²) in [7, 11) is 0. The zero-order valence-corrected chi connectivity index (χ0v) is 17.0. The van der Waals surface area contributed by atoms with Crippen molar-refractivity contribution in [2.24, 2.45) is 5.92 Å². The zero-order chi connectivity index (χ0) is 19.5. The van der Waals surface area contributed by atoms with Crippen LogP contribution in [-0.4, -0.2) is 42.5 Å². The normalized spacial score (nSPS) is 19.3. The first-order valence-electron chi connectivity index (χ1n) is 9.98. The number of piperidine rings is 1. The number of nitrogens with one attached hydrogen (secondary N) is 1. The van der Waals surface area contributed by atoms with Crippen molar-refractivity contribution < 1.29 is 14.3 Å². The van der Waals surface area contributed by atoms with Gasteiger partial charge in [-0.3, -0.25) is 9.59 Å². The van der Waals surface area contributed by atoms with Crippen molar-refractivity contribution in [3.63, 3.8) is 0 Å². The van der Waals surface area contributed by atoms with Crippen LogP contribution in [0.1, 0.15) is 51.3 Å². The van der Waals surface area contributed by atoms with Crippen LogP contribution in [0.4, 0.5) is 0 Å². The molecule has 28 heavy (non-hydrogen) atoms. The van der Waals surface area contributed by atoms with E-state index < -0.39 is 0 Å². The molecule has 1 N–H and O–H groups in total. The molecule has 5 nitrogen and oxygen atoms in total. The molecule has 148 valence electrons. The standard InChI is InChI=1S/C22H26N2O3S/c1-15-10-12-28-20(15)22(26)24-11-4-5-16(13-24)14-27-19-7-3-2-6-18(19)21(25)23-17-8-9-17/h2-3,6-7,10,12,16-17H,4-5,8-9,11,13-14H2,1H3,(H,23,25). The number of para-hydroxylation sites is 1. The van der Waals surface area contributed by atoms with E-state index in [1.165, 1.54) is 11.3 Å². The molecule has 1 aliphatic carbocycles. The number of hydrogen-bond donors (Lipinski definition) is 1. The molecule has 2 amide bonds. The zero-order valence-electron chi connectivity index (χ0n) is 16.1. The summed E-state index contributed by atoms with van der Waals surface area (Å²) in [5.41, 5.74) is 1.64. The second-order valence-electron chi connectivity index (χ2n) is 7.75. The lowest BCUT2D eigenvalue weighted by Gasteiger charge is -2.32. The molecule has 1 aromatic heterocycles. The van der Waals surface area contributed by atoms with Gasteiger partial charge in [0.05, 0.1) is 17.0 Å². The van der Waals surface area contributed by atoms with Gasteiger partial charge in [0.2, 0.25) is 0 Å². The minimum absolute atomic E-state index is 0.0632. The van der Waals surface area contributed by atoms with E-state index in [0.29, 0.717) is 30.5 Å². The third-order valence-electron chi connectivity index (χ3n) is 5.38. The fraction of sp³-hybridized carbons (Fsp3) is 0.455. The van der Waals surface area contributed by atoms with Gasteiger partial charge in [0.1, 0.15) is 5.75 Å². The van der Waals surface area contributed by atoms with E-state index in [0.717, 1.165) is 42.7 Å². The Hall–Kier alpha value is -2.34. The number of amides is 2. The molecule has 1 aromatic carbocycles. The Morgan fingerprint density at radius 3 is 2.79 bits per heavy atom. The molecule has 0 spiro atoms. The van der Waals surface area contributed by atoms with E-state index in [4.69, 9.17) is 4.74 Å². The maximum Gasteiger partial charge on any atom is 0.264 e. The highest BCUT2D eigenvalue weighted by atomic mass is 32.1. The molecule has 4 rings (SSSR count). The average Bonchev–Trinajstić information content (AvgIpc) is 3.43. The Morgan fingerprint density at radius 2 is 2.04 bits per heavy atom. The van der Waals surface area contributed by atoms with Crippen LogP contribution in [0.5, 0.6) is 5.75 Å². The number of rotatable bonds is 6. The minimum atomic E-state index is -0.0632. The number of thiophene rings is 1. The number of carbonyl (C=O) groups is 2. The molecule has 2 aromatic rings. The summed E-state index contributed by atoms with van der Waals surface area (Å²) in [6.45, 7) is 4.00. The first-order valence-corrected chi connectivity index (χ1v) is 10.9. The highest BCUT2D eigenvalue weighted by Crippen LogP contribution is 2.26. The van der Waals surface area contributed by atoms with Gasteiger partial charge in [-0.15, -0.1) is 11.3 Å². The van der Waals surface area contributed by atoms with E-state index in [2.05, 4.69) is 5.32 Å². The Bertz CT molecular complexity index is 859. The lowest BCUT2D eigenvalue weighted by atomic mass is 9.98. The number of hydrogen-bond acceptors (Lipinski definition) is 4. The van der Waals surface area contributed by atoms with Crippen LogP contribution in [0.2, 0.25) is 0 Å². The van der Waals surface area contributed by atoms with Crippen LogP contribution in [0.3, 0.4) is 0 Å². The van der Waals surface area contributed by atoms with Gasteiger partial charge < -0.3 is 15.0 Å². The van der Waals surface area contributed by atoms with Crippen LogP contribution in [-0.2, 0) is 0 Å². The van der Waals surface area contributed by atoms with Gasteiger partial charge in [0, 0.05) is 25.0 Å². The Kier molecular flexibility index (Phi) is 5.67. The largest absolute Gasteiger partial charge is 0.492 e. The van der Waals surface area contributed by atoms with Crippen LogP contribution in [0, 0.1) is 12.8 Å². The maximum absolute atomic E-state index is 12.8. The van der Waals surface area contributed by atoms with Gasteiger partial charge in [-0.1, -0.05) is 12.1 Å². The molecule has 1 saturated carbocycles. The second-order valence-corrected chi connectivity index (χ2v) is 8.66. The fourth-order valence-corrected chi connectivity index (χ4v) is 4.49. The van der Waals surface area contributed by atoms with Gasteiger partial charge in [-0.2, -0.15) is 0 Å². The predicted molar refractivity (Wildman–Crippen MR) is 110 cm³/mol. The summed E-state index contributed by atoms with van der Waals surface area (Å²) in [6, 6.07) is 9.72. The molecule has 1 atom stereocenters. The molecule has 1 aliphatic heterocycles.